The van der Waals surface area contributed by atoms with Crippen LogP contribution in [0.2, 0.25) is 0 Å². The number of carbonyl (C=O) groups excluding carboxylic acids is 2. The van der Waals surface area contributed by atoms with Gasteiger partial charge < -0.3 is 21.4 Å². The van der Waals surface area contributed by atoms with E-state index in [4.69, 9.17) is 11.6 Å². The van der Waals surface area contributed by atoms with Gasteiger partial charge in [0.1, 0.15) is 18.1 Å². The van der Waals surface area contributed by atoms with E-state index in [1.165, 1.54) is 0 Å². The van der Waals surface area contributed by atoms with Crippen molar-refractivity contribution in [1.29, 1.82) is 0 Å². The third kappa shape index (κ3) is 8.51. The zero-order chi connectivity index (χ0) is 24.8. The van der Waals surface area contributed by atoms with Crippen LogP contribution < -0.4 is 22.2 Å². The first-order chi connectivity index (χ1) is 15.3. The Morgan fingerprint density at radius 3 is 2.39 bits per heavy atom. The van der Waals surface area contributed by atoms with Crippen molar-refractivity contribution in [2.45, 2.75) is 38.3 Å². The maximum atomic E-state index is 12.4. The number of nitrogens with zero attached hydrogens (tertiary/aromatic N) is 2. The summed E-state index contributed by atoms with van der Waals surface area (Å²) in [5.74, 6) is 3.81. The Bertz CT molecular complexity index is 1020. The minimum absolute atomic E-state index is 0.00604. The maximum Gasteiger partial charge on any atom is 0.407 e. The Labute approximate surface area is 183 Å². The molecular formula is C18H21F6N7O2. The zero-order valence-electron chi connectivity index (χ0n) is 17.0. The molecule has 0 aliphatic heterocycles. The molecule has 0 saturated heterocycles. The van der Waals surface area contributed by atoms with Crippen molar-refractivity contribution >= 4 is 22.8 Å². The maximum absolute atomic E-state index is 12.4. The molecule has 2 aromatic rings. The van der Waals surface area contributed by atoms with E-state index in [1.807, 2.05) is 0 Å². The summed E-state index contributed by atoms with van der Waals surface area (Å²) in [5, 5.41) is 4.89. The number of fused-ring (bicyclic) bond motifs is 1. The van der Waals surface area contributed by atoms with E-state index in [2.05, 4.69) is 20.6 Å². The number of hydrogen-bond donors (Lipinski definition) is 5. The first-order valence-corrected chi connectivity index (χ1v) is 9.37. The fraction of sp³-hybridized carbons (Fsp3) is 0.389. The van der Waals surface area contributed by atoms with Crippen molar-refractivity contribution < 1.29 is 35.9 Å². The second-order valence-electron chi connectivity index (χ2n) is 6.90. The average Bonchev–Trinajstić information content (AvgIpc) is 3.10. The van der Waals surface area contributed by atoms with E-state index < -0.39 is 49.3 Å². The van der Waals surface area contributed by atoms with Crippen molar-refractivity contribution in [2.24, 2.45) is 11.6 Å². The smallest absolute Gasteiger partial charge is 0.403 e. The SMILES string of the molecule is N/C=C(/C(=O)NCc1nc2ccc(CNC(=O)CCC(F)(F)F)cc2[nH]1)N(N)CC(F)(F)F. The van der Waals surface area contributed by atoms with Crippen molar-refractivity contribution in [1.82, 2.24) is 25.6 Å². The van der Waals surface area contributed by atoms with Crippen LogP contribution in [0.3, 0.4) is 0 Å². The first kappa shape index (κ1) is 25.8. The predicted octanol–water partition coefficient (Wildman–Crippen LogP) is 1.68. The number of carbonyl (C=O) groups is 2. The lowest BCUT2D eigenvalue weighted by molar-refractivity contribution is -0.144. The van der Waals surface area contributed by atoms with Gasteiger partial charge in [-0.1, -0.05) is 6.07 Å². The van der Waals surface area contributed by atoms with Crippen molar-refractivity contribution in [3.63, 3.8) is 0 Å². The number of rotatable bonds is 9. The lowest BCUT2D eigenvalue weighted by Crippen LogP contribution is -2.44. The summed E-state index contributed by atoms with van der Waals surface area (Å²) in [6.45, 7) is -1.77. The number of hydrazine groups is 1. The summed E-state index contributed by atoms with van der Waals surface area (Å²) in [7, 11) is 0. The predicted molar refractivity (Wildman–Crippen MR) is 104 cm³/mol. The van der Waals surface area contributed by atoms with Crippen molar-refractivity contribution in [3.8, 4) is 0 Å². The third-order valence-corrected chi connectivity index (χ3v) is 4.19. The zero-order valence-corrected chi connectivity index (χ0v) is 17.0. The summed E-state index contributed by atoms with van der Waals surface area (Å²) < 4.78 is 73.8. The lowest BCUT2D eigenvalue weighted by atomic mass is 10.2. The molecule has 0 spiro atoms. The van der Waals surface area contributed by atoms with Gasteiger partial charge in [-0.25, -0.2) is 10.8 Å². The number of nitrogens with one attached hydrogen (secondary N) is 3. The van der Waals surface area contributed by atoms with Crippen LogP contribution in [0.5, 0.6) is 0 Å². The highest BCUT2D eigenvalue weighted by molar-refractivity contribution is 5.92. The monoisotopic (exact) mass is 481 g/mol. The van der Waals surface area contributed by atoms with Crippen molar-refractivity contribution in [2.75, 3.05) is 6.54 Å². The van der Waals surface area contributed by atoms with E-state index in [0.717, 1.165) is 0 Å². The number of amides is 2. The van der Waals surface area contributed by atoms with Gasteiger partial charge in [0.2, 0.25) is 5.91 Å². The van der Waals surface area contributed by atoms with Gasteiger partial charge in [-0.05, 0) is 17.7 Å². The summed E-state index contributed by atoms with van der Waals surface area (Å²) >= 11 is 0. The summed E-state index contributed by atoms with van der Waals surface area (Å²) in [6.07, 6.45) is -10.3. The van der Waals surface area contributed by atoms with Gasteiger partial charge in [0.15, 0.2) is 0 Å². The molecule has 0 aliphatic rings. The number of benzene rings is 1. The molecule has 2 amide bonds. The number of aromatic nitrogens is 2. The largest absolute Gasteiger partial charge is 0.407 e. The molecule has 1 heterocycles. The molecule has 0 bridgehead atoms. The molecule has 0 aliphatic carbocycles. The molecule has 182 valence electrons. The van der Waals surface area contributed by atoms with E-state index >= 15 is 0 Å². The standard InChI is InChI=1S/C18H21F6N7O2/c19-17(20,21)4-3-15(32)27-7-10-1-2-11-12(5-10)30-14(29-11)8-28-16(33)13(6-25)31(26)9-18(22,23)24/h1-2,5-6H,3-4,7-9,25-26H2,(H,27,32)(H,28,33)(H,29,30)/b13-6-. The second kappa shape index (κ2) is 10.4. The topological polar surface area (TPSA) is 142 Å². The van der Waals surface area contributed by atoms with Crippen LogP contribution in [0.25, 0.3) is 11.0 Å². The molecule has 2 rings (SSSR count). The molecule has 0 fully saturated rings. The van der Waals surface area contributed by atoms with Gasteiger partial charge in [0, 0.05) is 19.2 Å². The Balaban J connectivity index is 1.94. The molecule has 1 aromatic carbocycles. The number of halogens is 6. The van der Waals surface area contributed by atoms with Crippen LogP contribution in [0.4, 0.5) is 26.3 Å². The molecule has 1 aromatic heterocycles. The molecule has 0 saturated carbocycles. The molecule has 0 atom stereocenters. The van der Waals surface area contributed by atoms with Crippen LogP contribution in [0.15, 0.2) is 30.1 Å². The Kier molecular flexibility index (Phi) is 8.13. The molecule has 0 radical (unpaired) electrons. The Hall–Kier alpha value is -3.49. The second-order valence-corrected chi connectivity index (χ2v) is 6.90. The number of nitrogens with two attached hydrogens (primary N) is 2. The molecule has 9 nitrogen and oxygen atoms in total. The Morgan fingerprint density at radius 1 is 1.09 bits per heavy atom. The molecular weight excluding hydrogens is 460 g/mol. The van der Waals surface area contributed by atoms with Crippen molar-refractivity contribution in [3.05, 3.63) is 41.5 Å². The summed E-state index contributed by atoms with van der Waals surface area (Å²) in [4.78, 5) is 30.7. The summed E-state index contributed by atoms with van der Waals surface area (Å²) in [6, 6.07) is 4.80. The van der Waals surface area contributed by atoms with Crippen LogP contribution in [0, 0.1) is 0 Å². The first-order valence-electron chi connectivity index (χ1n) is 9.37. The molecule has 33 heavy (non-hydrogen) atoms. The molecule has 0 unspecified atom stereocenters. The average molecular weight is 481 g/mol. The minimum atomic E-state index is -4.64. The van der Waals surface area contributed by atoms with Gasteiger partial charge in [0.05, 0.1) is 24.0 Å². The fourth-order valence-corrected chi connectivity index (χ4v) is 2.68. The number of imidazole rings is 1. The lowest BCUT2D eigenvalue weighted by Gasteiger charge is -2.21. The van der Waals surface area contributed by atoms with Gasteiger partial charge in [0.25, 0.3) is 5.91 Å². The van der Waals surface area contributed by atoms with Crippen LogP contribution in [0.1, 0.15) is 24.2 Å². The summed E-state index contributed by atoms with van der Waals surface area (Å²) in [5.41, 5.74) is 6.20. The Morgan fingerprint density at radius 2 is 1.79 bits per heavy atom. The van der Waals surface area contributed by atoms with E-state index in [1.54, 1.807) is 18.2 Å². The van der Waals surface area contributed by atoms with Crippen LogP contribution in [-0.2, 0) is 22.7 Å². The highest BCUT2D eigenvalue weighted by Gasteiger charge is 2.32. The highest BCUT2D eigenvalue weighted by Crippen LogP contribution is 2.21. The van der Waals surface area contributed by atoms with Crippen LogP contribution in [-0.4, -0.2) is 45.7 Å². The van der Waals surface area contributed by atoms with Gasteiger partial charge in [-0.3, -0.25) is 14.6 Å². The number of hydrogen-bond acceptors (Lipinski definition) is 6. The normalized spacial score (nSPS) is 12.6. The van der Waals surface area contributed by atoms with Gasteiger partial charge in [-0.15, -0.1) is 0 Å². The van der Waals surface area contributed by atoms with E-state index in [-0.39, 0.29) is 23.9 Å². The van der Waals surface area contributed by atoms with E-state index in [9.17, 15) is 35.9 Å². The molecule has 7 N–H and O–H groups in total. The number of alkyl halides is 6. The highest BCUT2D eigenvalue weighted by atomic mass is 19.4. The van der Waals surface area contributed by atoms with Gasteiger partial charge in [-0.2, -0.15) is 26.3 Å². The number of aromatic amines is 1. The quantitative estimate of drug-likeness (QED) is 0.160. The third-order valence-electron chi connectivity index (χ3n) is 4.19. The minimum Gasteiger partial charge on any atom is -0.403 e. The number of H-pyrrole nitrogens is 1. The van der Waals surface area contributed by atoms with Crippen LogP contribution >= 0.6 is 0 Å². The molecule has 15 heteroatoms. The van der Waals surface area contributed by atoms with E-state index in [0.29, 0.717) is 22.8 Å². The van der Waals surface area contributed by atoms with Gasteiger partial charge >= 0.3 is 12.4 Å². The fourth-order valence-electron chi connectivity index (χ4n) is 2.68.